The van der Waals surface area contributed by atoms with E-state index in [0.717, 1.165) is 14.6 Å². The van der Waals surface area contributed by atoms with Crippen LogP contribution < -0.4 is 4.90 Å². The summed E-state index contributed by atoms with van der Waals surface area (Å²) in [6.07, 6.45) is 0. The van der Waals surface area contributed by atoms with Crippen LogP contribution in [0.15, 0.2) is 106 Å². The summed E-state index contributed by atoms with van der Waals surface area (Å²) in [5, 5.41) is 0. The second-order valence-electron chi connectivity index (χ2n) is 16.2. The molecule has 0 saturated carbocycles. The van der Waals surface area contributed by atoms with E-state index >= 15 is 0 Å². The highest BCUT2D eigenvalue weighted by molar-refractivity contribution is 9.11. The van der Waals surface area contributed by atoms with E-state index in [1.165, 1.54) is 61.4 Å². The van der Waals surface area contributed by atoms with Crippen molar-refractivity contribution in [2.24, 2.45) is 0 Å². The average molecular weight is 734 g/mol. The van der Waals surface area contributed by atoms with Gasteiger partial charge in [-0.25, -0.2) is 0 Å². The van der Waals surface area contributed by atoms with Crippen molar-refractivity contribution in [1.82, 2.24) is 0 Å². The number of anilines is 3. The van der Waals surface area contributed by atoms with Crippen LogP contribution in [0.3, 0.4) is 0 Å². The topological polar surface area (TPSA) is 3.24 Å². The lowest BCUT2D eigenvalue weighted by Crippen LogP contribution is -2.37. The zero-order valence-corrected chi connectivity index (χ0v) is 31.6. The third-order valence-corrected chi connectivity index (χ3v) is 11.3. The predicted molar refractivity (Wildman–Crippen MR) is 203 cm³/mol. The van der Waals surface area contributed by atoms with Gasteiger partial charge in [0.2, 0.25) is 0 Å². The average Bonchev–Trinajstić information content (AvgIpc) is 3.28. The Labute approximate surface area is 292 Å². The zero-order valence-electron chi connectivity index (χ0n) is 28.4. The summed E-state index contributed by atoms with van der Waals surface area (Å²) in [6, 6.07) is 37.1. The fraction of sp³-hybridized carbons (Fsp3) is 0.302. The molecule has 7 rings (SSSR count). The van der Waals surface area contributed by atoms with E-state index in [2.05, 4.69) is 196 Å². The molecule has 1 spiro atoms. The summed E-state index contributed by atoms with van der Waals surface area (Å²) in [5.41, 5.74) is 14.9. The van der Waals surface area contributed by atoms with Crippen molar-refractivity contribution in [3.8, 4) is 11.1 Å². The molecule has 0 radical (unpaired) electrons. The number of hydrogen-bond donors (Lipinski definition) is 0. The lowest BCUT2D eigenvalue weighted by molar-refractivity contribution is 0.583. The number of benzene rings is 5. The highest BCUT2D eigenvalue weighted by Gasteiger charge is 2.53. The second kappa shape index (κ2) is 10.4. The highest BCUT2D eigenvalue weighted by atomic mass is 79.9. The van der Waals surface area contributed by atoms with Gasteiger partial charge in [0.25, 0.3) is 0 Å². The molecule has 0 amide bonds. The minimum absolute atomic E-state index is 0.0380. The smallest absolute Gasteiger partial charge is 0.0755 e. The van der Waals surface area contributed by atoms with Gasteiger partial charge in [0.15, 0.2) is 0 Å². The van der Waals surface area contributed by atoms with Gasteiger partial charge < -0.3 is 4.90 Å². The summed E-state index contributed by atoms with van der Waals surface area (Å²) in [4.78, 5) is 2.50. The summed E-state index contributed by atoms with van der Waals surface area (Å²) in [6.45, 7) is 20.7. The molecular formula is C43H43Br2N. The first-order valence-corrected chi connectivity index (χ1v) is 17.9. The van der Waals surface area contributed by atoms with E-state index in [-0.39, 0.29) is 16.2 Å². The maximum Gasteiger partial charge on any atom is 0.0755 e. The van der Waals surface area contributed by atoms with Crippen molar-refractivity contribution in [1.29, 1.82) is 0 Å². The normalized spacial score (nSPS) is 15.0. The maximum absolute atomic E-state index is 4.19. The molecule has 0 N–H and O–H groups in total. The molecule has 0 fully saturated rings. The molecule has 5 aromatic rings. The van der Waals surface area contributed by atoms with Crippen molar-refractivity contribution >= 4 is 48.9 Å². The first kappa shape index (κ1) is 31.5. The summed E-state index contributed by atoms with van der Waals surface area (Å²) in [5.74, 6) is 0. The third kappa shape index (κ3) is 4.60. The van der Waals surface area contributed by atoms with Crippen LogP contribution in [-0.4, -0.2) is 0 Å². The van der Waals surface area contributed by atoms with Crippen LogP contribution in [0.25, 0.3) is 11.1 Å². The van der Waals surface area contributed by atoms with Crippen molar-refractivity contribution in [3.05, 3.63) is 145 Å². The van der Waals surface area contributed by atoms with Gasteiger partial charge in [-0.1, -0.05) is 135 Å². The third-order valence-electron chi connectivity index (χ3n) is 10.1. The van der Waals surface area contributed by atoms with Gasteiger partial charge in [0.05, 0.1) is 16.8 Å². The van der Waals surface area contributed by atoms with Crippen molar-refractivity contribution in [2.75, 3.05) is 4.90 Å². The van der Waals surface area contributed by atoms with Crippen LogP contribution in [-0.2, 0) is 21.7 Å². The molecule has 1 aliphatic carbocycles. The summed E-state index contributed by atoms with van der Waals surface area (Å²) >= 11 is 8.37. The Morgan fingerprint density at radius 1 is 0.457 bits per heavy atom. The molecule has 0 unspecified atom stereocenters. The van der Waals surface area contributed by atoms with Gasteiger partial charge in [0, 0.05) is 14.6 Å². The minimum Gasteiger partial charge on any atom is -0.308 e. The molecule has 1 nitrogen and oxygen atoms in total. The standard InChI is InChI=1S/C43H43Br2N/c1-40(2,3)26-18-20-29(21-19-26)46-38-34(22-27(24-36(38)44)41(4,5)6)43(35-23-28(42(7,8)9)25-37(45)39(35)46)32-16-12-10-14-30(32)31-15-11-13-17-33(31)43/h10-25H,1-9H3. The largest absolute Gasteiger partial charge is 0.308 e. The zero-order chi connectivity index (χ0) is 33.0. The van der Waals surface area contributed by atoms with E-state index in [1.807, 2.05) is 0 Å². The van der Waals surface area contributed by atoms with Crippen LogP contribution in [0.5, 0.6) is 0 Å². The van der Waals surface area contributed by atoms with Crippen molar-refractivity contribution in [3.63, 3.8) is 0 Å². The molecular weight excluding hydrogens is 690 g/mol. The molecule has 3 heteroatoms. The van der Waals surface area contributed by atoms with E-state index in [4.69, 9.17) is 0 Å². The number of halogens is 2. The van der Waals surface area contributed by atoms with Gasteiger partial charge in [-0.05, 0) is 122 Å². The van der Waals surface area contributed by atoms with Gasteiger partial charge in [-0.2, -0.15) is 0 Å². The number of hydrogen-bond acceptors (Lipinski definition) is 1. The summed E-state index contributed by atoms with van der Waals surface area (Å²) < 4.78 is 2.21. The molecule has 234 valence electrons. The lowest BCUT2D eigenvalue weighted by atomic mass is 9.63. The highest BCUT2D eigenvalue weighted by Crippen LogP contribution is 2.66. The quantitative estimate of drug-likeness (QED) is 0.162. The number of rotatable bonds is 1. The van der Waals surface area contributed by atoms with E-state index in [0.29, 0.717) is 0 Å². The maximum atomic E-state index is 4.19. The van der Waals surface area contributed by atoms with Crippen LogP contribution in [0, 0.1) is 0 Å². The number of nitrogens with zero attached hydrogens (tertiary/aromatic N) is 1. The van der Waals surface area contributed by atoms with E-state index < -0.39 is 5.41 Å². The van der Waals surface area contributed by atoms with Gasteiger partial charge in [-0.15, -0.1) is 0 Å². The number of fused-ring (bicyclic) bond motifs is 9. The Bertz CT molecular complexity index is 1890. The molecule has 1 aliphatic heterocycles. The van der Waals surface area contributed by atoms with Gasteiger partial charge in [0.1, 0.15) is 0 Å². The Hall–Kier alpha value is -3.14. The van der Waals surface area contributed by atoms with E-state index in [1.54, 1.807) is 0 Å². The van der Waals surface area contributed by atoms with Crippen molar-refractivity contribution in [2.45, 2.75) is 84.0 Å². The molecule has 0 bridgehead atoms. The molecule has 46 heavy (non-hydrogen) atoms. The van der Waals surface area contributed by atoms with E-state index in [9.17, 15) is 0 Å². The Kier molecular flexibility index (Phi) is 7.13. The lowest BCUT2D eigenvalue weighted by Gasteiger charge is -2.47. The molecule has 0 atom stereocenters. The Balaban J connectivity index is 1.70. The SMILES string of the molecule is CC(C)(C)c1ccc(N2c3c(Br)cc(C(C)(C)C)cc3C3(c4ccccc4-c4ccccc43)c3cc(C(C)(C)C)cc(Br)c32)cc1. The first-order valence-electron chi connectivity index (χ1n) is 16.3. The minimum atomic E-state index is -0.507. The molecule has 5 aromatic carbocycles. The van der Waals surface area contributed by atoms with Crippen molar-refractivity contribution < 1.29 is 0 Å². The Morgan fingerprint density at radius 3 is 1.24 bits per heavy atom. The van der Waals surface area contributed by atoms with Crippen LogP contribution in [0.1, 0.15) is 101 Å². The predicted octanol–water partition coefficient (Wildman–Crippen LogP) is 13.3. The summed E-state index contributed by atoms with van der Waals surface area (Å²) in [7, 11) is 0. The Morgan fingerprint density at radius 2 is 0.848 bits per heavy atom. The van der Waals surface area contributed by atoms with Gasteiger partial charge >= 0.3 is 0 Å². The molecule has 1 heterocycles. The monoisotopic (exact) mass is 731 g/mol. The molecule has 0 saturated heterocycles. The van der Waals surface area contributed by atoms with Gasteiger partial charge in [-0.3, -0.25) is 0 Å². The van der Waals surface area contributed by atoms with Crippen LogP contribution >= 0.6 is 31.9 Å². The van der Waals surface area contributed by atoms with Crippen LogP contribution in [0.4, 0.5) is 17.1 Å². The fourth-order valence-electron chi connectivity index (χ4n) is 7.53. The molecule has 2 aliphatic rings. The molecule has 0 aromatic heterocycles. The second-order valence-corrected chi connectivity index (χ2v) is 17.9. The fourth-order valence-corrected chi connectivity index (χ4v) is 8.81. The first-order chi connectivity index (χ1) is 21.5. The van der Waals surface area contributed by atoms with Crippen LogP contribution in [0.2, 0.25) is 0 Å².